The molecule has 0 N–H and O–H groups in total. The number of carbonyl (C=O) groups is 3. The van der Waals surface area contributed by atoms with E-state index < -0.39 is 40.6 Å². The number of esters is 2. The summed E-state index contributed by atoms with van der Waals surface area (Å²) in [5.74, 6) is -1.90. The molecular formula is C39H51N5O5. The molecule has 5 heterocycles. The zero-order valence-corrected chi connectivity index (χ0v) is 29.3. The standard InChI is InChI=1S/C39H51N5O5/c1-4-5-6-7-8-9-10-11-12-19-26-44-33(31-21-14-17-24-41-31)38(36(46)48-2)28-43(27-30-20-13-16-23-40-30)29-39(35(38)45,37(47)49-3)34(44)32-22-15-18-25-42-32/h13-18,20-25,33-34H,4-12,19,26-29H2,1-3H3. The first-order valence-electron chi connectivity index (χ1n) is 17.9. The fourth-order valence-electron chi connectivity index (χ4n) is 8.13. The number of piperidine rings is 2. The molecule has 4 atom stereocenters. The molecule has 4 unspecified atom stereocenters. The van der Waals surface area contributed by atoms with E-state index in [2.05, 4.69) is 16.8 Å². The van der Waals surface area contributed by atoms with Gasteiger partial charge < -0.3 is 9.47 Å². The van der Waals surface area contributed by atoms with Crippen molar-refractivity contribution >= 4 is 17.7 Å². The number of nitrogens with zero attached hydrogens (tertiary/aromatic N) is 5. The van der Waals surface area contributed by atoms with Crippen molar-refractivity contribution in [2.45, 2.75) is 89.8 Å². The zero-order chi connectivity index (χ0) is 34.7. The van der Waals surface area contributed by atoms with Crippen molar-refractivity contribution in [2.75, 3.05) is 33.9 Å². The van der Waals surface area contributed by atoms with Crippen molar-refractivity contribution in [2.24, 2.45) is 10.8 Å². The number of pyridine rings is 3. The van der Waals surface area contributed by atoms with Crippen LogP contribution >= 0.6 is 0 Å². The molecule has 5 rings (SSSR count). The van der Waals surface area contributed by atoms with Gasteiger partial charge in [0.15, 0.2) is 16.6 Å². The number of fused-ring (bicyclic) bond motifs is 2. The van der Waals surface area contributed by atoms with Gasteiger partial charge in [-0.15, -0.1) is 0 Å². The van der Waals surface area contributed by atoms with Crippen molar-refractivity contribution in [1.29, 1.82) is 0 Å². The summed E-state index contributed by atoms with van der Waals surface area (Å²) >= 11 is 0. The van der Waals surface area contributed by atoms with E-state index in [9.17, 15) is 9.59 Å². The first-order valence-corrected chi connectivity index (χ1v) is 17.9. The van der Waals surface area contributed by atoms with Crippen LogP contribution in [0, 0.1) is 10.8 Å². The van der Waals surface area contributed by atoms with Gasteiger partial charge in [0, 0.05) is 38.2 Å². The zero-order valence-electron chi connectivity index (χ0n) is 29.3. The van der Waals surface area contributed by atoms with Gasteiger partial charge in [0.25, 0.3) is 0 Å². The number of rotatable bonds is 17. The maximum Gasteiger partial charge on any atom is 0.322 e. The Morgan fingerprint density at radius 2 is 1.16 bits per heavy atom. The number of aromatic nitrogens is 3. The van der Waals surface area contributed by atoms with Crippen LogP contribution in [0.15, 0.2) is 73.2 Å². The van der Waals surface area contributed by atoms with Gasteiger partial charge in [0.05, 0.1) is 43.4 Å². The lowest BCUT2D eigenvalue weighted by Crippen LogP contribution is -2.75. The fourth-order valence-corrected chi connectivity index (χ4v) is 8.13. The Labute approximate surface area is 290 Å². The Morgan fingerprint density at radius 1 is 0.694 bits per heavy atom. The van der Waals surface area contributed by atoms with E-state index in [1.54, 1.807) is 18.6 Å². The highest BCUT2D eigenvalue weighted by Crippen LogP contribution is 2.61. The lowest BCUT2D eigenvalue weighted by atomic mass is 9.54. The number of Topliss-reactive ketones (excluding diaryl/α,β-unsaturated/α-hetero) is 1. The summed E-state index contributed by atoms with van der Waals surface area (Å²) in [7, 11) is 2.60. The quantitative estimate of drug-likeness (QED) is 0.0922. The van der Waals surface area contributed by atoms with Gasteiger partial charge in [-0.1, -0.05) is 82.9 Å². The number of likely N-dealkylation sites (tertiary alicyclic amines) is 2. The summed E-state index contributed by atoms with van der Waals surface area (Å²) in [5.41, 5.74) is -1.69. The molecule has 262 valence electrons. The summed E-state index contributed by atoms with van der Waals surface area (Å²) in [6, 6.07) is 15.0. The number of unbranched alkanes of at least 4 members (excludes halogenated alkanes) is 9. The number of ether oxygens (including phenoxy) is 2. The Hall–Kier alpha value is -4.02. The monoisotopic (exact) mass is 669 g/mol. The van der Waals surface area contributed by atoms with Crippen LogP contribution in [0.3, 0.4) is 0 Å². The van der Waals surface area contributed by atoms with Gasteiger partial charge in [-0.05, 0) is 49.4 Å². The van der Waals surface area contributed by atoms with Crippen LogP contribution in [0.2, 0.25) is 0 Å². The molecule has 0 spiro atoms. The molecule has 0 aromatic carbocycles. The number of methoxy groups -OCH3 is 2. The maximum absolute atomic E-state index is 15.4. The van der Waals surface area contributed by atoms with Crippen molar-refractivity contribution < 1.29 is 23.9 Å². The first-order chi connectivity index (χ1) is 23.9. The van der Waals surface area contributed by atoms with Gasteiger partial charge in [-0.3, -0.25) is 39.1 Å². The molecule has 2 aliphatic heterocycles. The van der Waals surface area contributed by atoms with Gasteiger partial charge >= 0.3 is 11.9 Å². The molecule has 2 saturated heterocycles. The summed E-state index contributed by atoms with van der Waals surface area (Å²) in [4.78, 5) is 62.3. The Morgan fingerprint density at radius 3 is 1.59 bits per heavy atom. The molecule has 10 nitrogen and oxygen atoms in total. The maximum atomic E-state index is 15.4. The molecule has 0 aliphatic carbocycles. The molecule has 2 aliphatic rings. The fraction of sp³-hybridized carbons (Fsp3) is 0.538. The Bertz CT molecular complexity index is 1430. The van der Waals surface area contributed by atoms with Crippen molar-refractivity contribution in [1.82, 2.24) is 24.8 Å². The third-order valence-electron chi connectivity index (χ3n) is 10.3. The molecule has 3 aromatic rings. The number of ketones is 1. The molecule has 10 heteroatoms. The molecule has 3 aromatic heterocycles. The van der Waals surface area contributed by atoms with Gasteiger partial charge in [0.1, 0.15) is 0 Å². The van der Waals surface area contributed by atoms with Crippen LogP contribution < -0.4 is 0 Å². The highest BCUT2D eigenvalue weighted by atomic mass is 16.5. The third kappa shape index (κ3) is 7.45. The lowest BCUT2D eigenvalue weighted by Gasteiger charge is -2.61. The van der Waals surface area contributed by atoms with Crippen LogP contribution in [0.25, 0.3) is 0 Å². The molecular weight excluding hydrogens is 618 g/mol. The largest absolute Gasteiger partial charge is 0.468 e. The van der Waals surface area contributed by atoms with Crippen LogP contribution in [0.4, 0.5) is 0 Å². The normalized spacial score (nSPS) is 24.0. The van der Waals surface area contributed by atoms with E-state index in [4.69, 9.17) is 19.4 Å². The van der Waals surface area contributed by atoms with E-state index in [0.29, 0.717) is 24.5 Å². The summed E-state index contributed by atoms with van der Waals surface area (Å²) < 4.78 is 11.0. The van der Waals surface area contributed by atoms with Crippen LogP contribution in [0.1, 0.15) is 100 Å². The first kappa shape index (κ1) is 36.3. The SMILES string of the molecule is CCCCCCCCCCCCN1C(c2ccccn2)C2(C(=O)OC)CN(Cc3ccccn3)CC(C(=O)OC)(C2=O)C1c1ccccn1. The number of carbonyl (C=O) groups excluding carboxylic acids is 3. The predicted octanol–water partition coefficient (Wildman–Crippen LogP) is 6.29. The summed E-state index contributed by atoms with van der Waals surface area (Å²) in [6.45, 7) is 3.12. The number of hydrogen-bond acceptors (Lipinski definition) is 10. The second-order valence-electron chi connectivity index (χ2n) is 13.5. The minimum atomic E-state index is -1.78. The smallest absolute Gasteiger partial charge is 0.322 e. The van der Waals surface area contributed by atoms with E-state index in [1.807, 2.05) is 59.5 Å². The average molecular weight is 670 g/mol. The molecule has 2 fully saturated rings. The molecule has 0 radical (unpaired) electrons. The van der Waals surface area contributed by atoms with Gasteiger partial charge in [0.2, 0.25) is 0 Å². The minimum Gasteiger partial charge on any atom is -0.468 e. The van der Waals surface area contributed by atoms with E-state index >= 15 is 4.79 Å². The molecule has 0 saturated carbocycles. The Kier molecular flexibility index (Phi) is 12.6. The lowest BCUT2D eigenvalue weighted by molar-refractivity contribution is -0.206. The summed E-state index contributed by atoms with van der Waals surface area (Å²) in [5, 5.41) is 0. The van der Waals surface area contributed by atoms with Crippen LogP contribution in [-0.4, -0.2) is 76.3 Å². The second-order valence-corrected chi connectivity index (χ2v) is 13.5. The van der Waals surface area contributed by atoms with Crippen LogP contribution in [0.5, 0.6) is 0 Å². The predicted molar refractivity (Wildman–Crippen MR) is 186 cm³/mol. The van der Waals surface area contributed by atoms with Gasteiger partial charge in [-0.2, -0.15) is 0 Å². The topological polar surface area (TPSA) is 115 Å². The second kappa shape index (κ2) is 17.1. The third-order valence-corrected chi connectivity index (χ3v) is 10.3. The highest BCUT2D eigenvalue weighted by Gasteiger charge is 2.75. The molecule has 49 heavy (non-hydrogen) atoms. The minimum absolute atomic E-state index is 0.0263. The van der Waals surface area contributed by atoms with E-state index in [-0.39, 0.29) is 13.1 Å². The van der Waals surface area contributed by atoms with E-state index in [0.717, 1.165) is 25.0 Å². The Balaban J connectivity index is 1.59. The molecule has 0 amide bonds. The van der Waals surface area contributed by atoms with Crippen LogP contribution in [-0.2, 0) is 30.4 Å². The van der Waals surface area contributed by atoms with Crippen molar-refractivity contribution in [3.8, 4) is 0 Å². The van der Waals surface area contributed by atoms with Gasteiger partial charge in [-0.25, -0.2) is 0 Å². The van der Waals surface area contributed by atoms with Crippen molar-refractivity contribution in [3.63, 3.8) is 0 Å². The summed E-state index contributed by atoms with van der Waals surface area (Å²) in [6.07, 6.45) is 16.7. The highest BCUT2D eigenvalue weighted by molar-refractivity contribution is 6.17. The average Bonchev–Trinajstić information content (AvgIpc) is 3.13. The van der Waals surface area contributed by atoms with E-state index in [1.165, 1.54) is 59.2 Å². The van der Waals surface area contributed by atoms with Crippen molar-refractivity contribution in [3.05, 3.63) is 90.3 Å². The molecule has 2 bridgehead atoms. The number of hydrogen-bond donors (Lipinski definition) is 0.